The molecule has 0 aliphatic carbocycles. The van der Waals surface area contributed by atoms with Crippen LogP contribution in [0.2, 0.25) is 0 Å². The summed E-state index contributed by atoms with van der Waals surface area (Å²) in [5, 5.41) is 15.2. The van der Waals surface area contributed by atoms with Crippen molar-refractivity contribution in [2.24, 2.45) is 0 Å². The van der Waals surface area contributed by atoms with E-state index in [2.05, 4.69) is 25.3 Å². The van der Waals surface area contributed by atoms with Gasteiger partial charge >= 0.3 is 0 Å². The van der Waals surface area contributed by atoms with Crippen LogP contribution in [0, 0.1) is 0 Å². The van der Waals surface area contributed by atoms with E-state index < -0.39 is 10.2 Å². The average molecular weight is 124 g/mol. The first-order valence-corrected chi connectivity index (χ1v) is 2.04. The minimum Gasteiger partial charge on any atom is -0.499 e. The van der Waals surface area contributed by atoms with Crippen molar-refractivity contribution in [1.82, 2.24) is 0 Å². The Morgan fingerprint density at radius 2 is 1.17 bits per heavy atom. The molecule has 0 aromatic heterocycles. The number of thiol groups is 2. The number of hydrogen-bond acceptors (Lipinski definition) is 4. The van der Waals surface area contributed by atoms with Crippen LogP contribution in [0.4, 0.5) is 0 Å². The second-order valence-electron chi connectivity index (χ2n) is 0.647. The maximum Gasteiger partial charge on any atom is 0.196 e. The van der Waals surface area contributed by atoms with E-state index in [-0.39, 0.29) is 0 Å². The van der Waals surface area contributed by atoms with Crippen molar-refractivity contribution in [3.05, 3.63) is 10.2 Å². The summed E-state index contributed by atoms with van der Waals surface area (Å²) in [5.74, 6) is 0. The van der Waals surface area contributed by atoms with E-state index in [1.165, 1.54) is 0 Å². The lowest BCUT2D eigenvalue weighted by atomic mass is 11.1. The van der Waals surface area contributed by atoms with Crippen LogP contribution in [0.25, 0.3) is 0 Å². The molecule has 2 nitrogen and oxygen atoms in total. The van der Waals surface area contributed by atoms with E-state index in [0.29, 0.717) is 0 Å². The predicted molar refractivity (Wildman–Crippen MR) is 30.3 cm³/mol. The van der Waals surface area contributed by atoms with Gasteiger partial charge in [-0.05, 0) is 0 Å². The number of hydrogen-bond donors (Lipinski definition) is 4. The van der Waals surface area contributed by atoms with Crippen molar-refractivity contribution in [3.63, 3.8) is 0 Å². The molecule has 0 bridgehead atoms. The second-order valence-corrected chi connectivity index (χ2v) is 1.49. The van der Waals surface area contributed by atoms with E-state index in [1.54, 1.807) is 0 Å². The second kappa shape index (κ2) is 2.25. The summed E-state index contributed by atoms with van der Waals surface area (Å²) >= 11 is 6.60. The number of aliphatic hydroxyl groups excluding tert-OH is 2. The van der Waals surface area contributed by atoms with Crippen molar-refractivity contribution >= 4 is 25.3 Å². The van der Waals surface area contributed by atoms with Gasteiger partial charge in [-0.1, -0.05) is 0 Å². The first-order chi connectivity index (χ1) is 2.64. The Hall–Kier alpha value is 0.0400. The molecule has 0 heterocycles. The Balaban J connectivity index is 3.68. The maximum absolute atomic E-state index is 8.05. The highest BCUT2D eigenvalue weighted by molar-refractivity contribution is 7.88. The molecule has 0 aliphatic heterocycles. The van der Waals surface area contributed by atoms with Gasteiger partial charge < -0.3 is 10.2 Å². The molecular weight excluding hydrogens is 120 g/mol. The lowest BCUT2D eigenvalue weighted by molar-refractivity contribution is 0.385. The van der Waals surface area contributed by atoms with Crippen LogP contribution in [-0.2, 0) is 0 Å². The Bertz CT molecular complexity index is 59.6. The predicted octanol–water partition coefficient (Wildman–Crippen LogP) is 1.09. The van der Waals surface area contributed by atoms with E-state index in [4.69, 9.17) is 10.2 Å². The van der Waals surface area contributed by atoms with Crippen molar-refractivity contribution in [3.8, 4) is 0 Å². The molecular formula is C2H4O2S2. The van der Waals surface area contributed by atoms with E-state index in [9.17, 15) is 0 Å². The maximum atomic E-state index is 8.05. The molecule has 0 unspecified atom stereocenters. The molecule has 2 N–H and O–H groups in total. The number of rotatable bonds is 0. The van der Waals surface area contributed by atoms with Crippen LogP contribution in [-0.4, -0.2) is 10.2 Å². The average Bonchev–Trinajstić information content (AvgIpc) is 1.36. The molecule has 0 amide bonds. The lowest BCUT2D eigenvalue weighted by Gasteiger charge is -1.83. The quantitative estimate of drug-likeness (QED) is 0.288. The fourth-order valence-electron chi connectivity index (χ4n) is 0. The lowest BCUT2D eigenvalue weighted by Crippen LogP contribution is -1.69. The zero-order valence-electron chi connectivity index (χ0n) is 2.79. The van der Waals surface area contributed by atoms with Crippen molar-refractivity contribution in [2.75, 3.05) is 0 Å². The van der Waals surface area contributed by atoms with Crippen LogP contribution in [0.3, 0.4) is 0 Å². The van der Waals surface area contributed by atoms with Crippen LogP contribution in [0.1, 0.15) is 0 Å². The summed E-state index contributed by atoms with van der Waals surface area (Å²) in [5.41, 5.74) is 0. The minimum absolute atomic E-state index is 0.460. The molecule has 0 radical (unpaired) electrons. The molecule has 0 aromatic carbocycles. The van der Waals surface area contributed by atoms with Gasteiger partial charge in [0.25, 0.3) is 0 Å². The molecule has 36 valence electrons. The van der Waals surface area contributed by atoms with Gasteiger partial charge in [-0.15, -0.1) is 25.3 Å². The molecule has 0 rings (SSSR count). The molecule has 6 heavy (non-hydrogen) atoms. The summed E-state index contributed by atoms with van der Waals surface area (Å²) in [6.45, 7) is 0. The molecule has 0 fully saturated rings. The standard InChI is InChI=1S/C2H4O2S2/c3-1(5)2(4)6/h3-6H/b2-1-. The van der Waals surface area contributed by atoms with Crippen LogP contribution in [0.15, 0.2) is 10.2 Å². The molecule has 0 spiro atoms. The molecule has 4 heteroatoms. The molecule has 0 aromatic rings. The minimum atomic E-state index is -0.460. The van der Waals surface area contributed by atoms with Crippen molar-refractivity contribution in [1.29, 1.82) is 0 Å². The Kier molecular flexibility index (Phi) is 2.27. The normalized spacial score (nSPS) is 13.7. The van der Waals surface area contributed by atoms with Crippen LogP contribution >= 0.6 is 25.3 Å². The van der Waals surface area contributed by atoms with Gasteiger partial charge in [0.2, 0.25) is 0 Å². The highest BCUT2D eigenvalue weighted by Gasteiger charge is 1.85. The third-order valence-corrected chi connectivity index (χ3v) is 0.800. The highest BCUT2D eigenvalue weighted by Crippen LogP contribution is 2.02. The zero-order valence-corrected chi connectivity index (χ0v) is 4.58. The third kappa shape index (κ3) is 2.29. The van der Waals surface area contributed by atoms with Gasteiger partial charge in [0.1, 0.15) is 0 Å². The largest absolute Gasteiger partial charge is 0.499 e. The Labute approximate surface area is 46.3 Å². The van der Waals surface area contributed by atoms with Crippen LogP contribution < -0.4 is 0 Å². The van der Waals surface area contributed by atoms with Crippen molar-refractivity contribution in [2.45, 2.75) is 0 Å². The van der Waals surface area contributed by atoms with Crippen molar-refractivity contribution < 1.29 is 10.2 Å². The van der Waals surface area contributed by atoms with E-state index >= 15 is 0 Å². The van der Waals surface area contributed by atoms with Gasteiger partial charge in [-0.3, -0.25) is 0 Å². The summed E-state index contributed by atoms with van der Waals surface area (Å²) in [4.78, 5) is 0. The summed E-state index contributed by atoms with van der Waals surface area (Å²) in [7, 11) is 0. The number of aliphatic hydroxyl groups is 2. The first-order valence-electron chi connectivity index (χ1n) is 1.14. The summed E-state index contributed by atoms with van der Waals surface area (Å²) < 4.78 is 0. The Morgan fingerprint density at radius 1 is 1.00 bits per heavy atom. The van der Waals surface area contributed by atoms with Gasteiger partial charge in [-0.25, -0.2) is 0 Å². The van der Waals surface area contributed by atoms with Gasteiger partial charge in [0.05, 0.1) is 0 Å². The van der Waals surface area contributed by atoms with E-state index in [1.807, 2.05) is 0 Å². The highest BCUT2D eigenvalue weighted by atomic mass is 32.1. The third-order valence-electron chi connectivity index (χ3n) is 0.200. The first kappa shape index (κ1) is 6.04. The van der Waals surface area contributed by atoms with Gasteiger partial charge in [-0.2, -0.15) is 0 Å². The summed E-state index contributed by atoms with van der Waals surface area (Å²) in [6.07, 6.45) is 0. The topological polar surface area (TPSA) is 40.5 Å². The SMILES string of the molecule is O/C(S)=C(\O)S. The molecule has 0 saturated carbocycles. The summed E-state index contributed by atoms with van der Waals surface area (Å²) in [6, 6.07) is 0. The fourth-order valence-corrected chi connectivity index (χ4v) is 0. The van der Waals surface area contributed by atoms with Crippen LogP contribution in [0.5, 0.6) is 0 Å². The Morgan fingerprint density at radius 3 is 1.17 bits per heavy atom. The molecule has 0 aliphatic rings. The smallest absolute Gasteiger partial charge is 0.196 e. The molecule has 0 saturated heterocycles. The fraction of sp³-hybridized carbons (Fsp3) is 0. The monoisotopic (exact) mass is 124 g/mol. The van der Waals surface area contributed by atoms with E-state index in [0.717, 1.165) is 0 Å². The zero-order chi connectivity index (χ0) is 5.15. The van der Waals surface area contributed by atoms with Gasteiger partial charge in [0.15, 0.2) is 10.2 Å². The molecule has 0 atom stereocenters. The van der Waals surface area contributed by atoms with Gasteiger partial charge in [0, 0.05) is 0 Å².